The van der Waals surface area contributed by atoms with Gasteiger partial charge >= 0.3 is 0 Å². The van der Waals surface area contributed by atoms with Crippen molar-refractivity contribution in [2.45, 2.75) is 50.3 Å². The Balaban J connectivity index is 1.77. The lowest BCUT2D eigenvalue weighted by molar-refractivity contribution is 0.262. The molecule has 0 spiro atoms. The molecule has 2 aliphatic heterocycles. The van der Waals surface area contributed by atoms with Gasteiger partial charge in [-0.1, -0.05) is 13.3 Å². The monoisotopic (exact) mass is 242 g/mol. The van der Waals surface area contributed by atoms with E-state index in [0.29, 0.717) is 0 Å². The number of thioether (sulfide) groups is 1. The second-order valence-electron chi connectivity index (χ2n) is 5.16. The summed E-state index contributed by atoms with van der Waals surface area (Å²) in [6.07, 6.45) is 6.95. The van der Waals surface area contributed by atoms with E-state index in [0.717, 1.165) is 11.3 Å². The molecule has 0 bridgehead atoms. The van der Waals surface area contributed by atoms with Crippen molar-refractivity contribution in [2.24, 2.45) is 0 Å². The molecule has 0 aromatic heterocycles. The van der Waals surface area contributed by atoms with Crippen molar-refractivity contribution in [1.29, 1.82) is 0 Å². The zero-order valence-corrected chi connectivity index (χ0v) is 11.4. The minimum atomic E-state index is 0.732. The van der Waals surface area contributed by atoms with Crippen LogP contribution in [-0.2, 0) is 0 Å². The predicted molar refractivity (Wildman–Crippen MR) is 73.2 cm³/mol. The van der Waals surface area contributed by atoms with Crippen LogP contribution in [0.25, 0.3) is 0 Å². The fraction of sp³-hybridized carbons (Fsp3) is 1.00. The van der Waals surface area contributed by atoms with Crippen LogP contribution in [-0.4, -0.2) is 48.1 Å². The summed E-state index contributed by atoms with van der Waals surface area (Å²) in [4.78, 5) is 2.71. The molecule has 2 nitrogen and oxygen atoms in total. The first-order chi connectivity index (χ1) is 7.88. The molecule has 1 N–H and O–H groups in total. The Hall–Kier alpha value is 0.270. The molecule has 16 heavy (non-hydrogen) atoms. The van der Waals surface area contributed by atoms with Crippen LogP contribution in [0.5, 0.6) is 0 Å². The molecule has 0 radical (unpaired) electrons. The number of nitrogens with zero attached hydrogens (tertiary/aromatic N) is 1. The number of nitrogens with one attached hydrogen (secondary N) is 1. The summed E-state index contributed by atoms with van der Waals surface area (Å²) in [7, 11) is 0. The minimum Gasteiger partial charge on any atom is -0.313 e. The van der Waals surface area contributed by atoms with E-state index in [-0.39, 0.29) is 0 Å². The van der Waals surface area contributed by atoms with Crippen LogP contribution in [0.15, 0.2) is 0 Å². The van der Waals surface area contributed by atoms with E-state index in [4.69, 9.17) is 0 Å². The van der Waals surface area contributed by atoms with Gasteiger partial charge in [0.05, 0.1) is 0 Å². The molecule has 2 unspecified atom stereocenters. The highest BCUT2D eigenvalue weighted by atomic mass is 32.2. The Labute approximate surface area is 105 Å². The average Bonchev–Trinajstić information content (AvgIpc) is 2.55. The Morgan fingerprint density at radius 1 is 1.31 bits per heavy atom. The smallest absolute Gasteiger partial charge is 0.0192 e. The minimum absolute atomic E-state index is 0.732. The average molecular weight is 242 g/mol. The van der Waals surface area contributed by atoms with E-state index >= 15 is 0 Å². The maximum Gasteiger partial charge on any atom is 0.0192 e. The van der Waals surface area contributed by atoms with E-state index in [1.807, 2.05) is 0 Å². The molecule has 0 aliphatic carbocycles. The van der Waals surface area contributed by atoms with Crippen molar-refractivity contribution in [1.82, 2.24) is 10.2 Å². The van der Waals surface area contributed by atoms with Crippen LogP contribution in [0, 0.1) is 0 Å². The first kappa shape index (κ1) is 12.7. The third-order valence-corrected chi connectivity index (χ3v) is 5.17. The molecule has 2 heterocycles. The molecule has 2 aliphatic rings. The maximum absolute atomic E-state index is 3.65. The summed E-state index contributed by atoms with van der Waals surface area (Å²) < 4.78 is 0. The lowest BCUT2D eigenvalue weighted by Gasteiger charge is -2.29. The van der Waals surface area contributed by atoms with Crippen molar-refractivity contribution in [3.63, 3.8) is 0 Å². The van der Waals surface area contributed by atoms with Gasteiger partial charge in [-0.3, -0.25) is 0 Å². The van der Waals surface area contributed by atoms with Crippen LogP contribution in [0.2, 0.25) is 0 Å². The molecule has 3 heteroatoms. The summed E-state index contributed by atoms with van der Waals surface area (Å²) in [5.41, 5.74) is 0. The predicted octanol–water partition coefficient (Wildman–Crippen LogP) is 2.35. The van der Waals surface area contributed by atoms with Crippen LogP contribution in [0.3, 0.4) is 0 Å². The quantitative estimate of drug-likeness (QED) is 0.818. The largest absolute Gasteiger partial charge is 0.313 e. The second-order valence-corrected chi connectivity index (χ2v) is 6.57. The molecule has 0 aromatic rings. The second kappa shape index (κ2) is 6.87. The molecule has 0 amide bonds. The molecular weight excluding hydrogens is 216 g/mol. The van der Waals surface area contributed by atoms with Crippen molar-refractivity contribution in [2.75, 3.05) is 31.9 Å². The normalized spacial score (nSPS) is 33.6. The molecule has 2 saturated heterocycles. The van der Waals surface area contributed by atoms with Gasteiger partial charge in [-0.05, 0) is 44.5 Å². The third kappa shape index (κ3) is 3.94. The Morgan fingerprint density at radius 3 is 3.00 bits per heavy atom. The van der Waals surface area contributed by atoms with E-state index in [1.165, 1.54) is 64.0 Å². The summed E-state index contributed by atoms with van der Waals surface area (Å²) >= 11 is 2.21. The maximum atomic E-state index is 3.65. The van der Waals surface area contributed by atoms with Crippen molar-refractivity contribution >= 4 is 11.8 Å². The zero-order chi connectivity index (χ0) is 11.2. The SMILES string of the molecule is CCC1CN(CC2CCCCS2)CCCN1. The Kier molecular flexibility index (Phi) is 5.46. The molecular formula is C13H26N2S. The zero-order valence-electron chi connectivity index (χ0n) is 10.6. The fourth-order valence-corrected chi connectivity index (χ4v) is 4.11. The lowest BCUT2D eigenvalue weighted by Crippen LogP contribution is -2.40. The van der Waals surface area contributed by atoms with Gasteiger partial charge in [0.25, 0.3) is 0 Å². The van der Waals surface area contributed by atoms with E-state index in [9.17, 15) is 0 Å². The number of hydrogen-bond acceptors (Lipinski definition) is 3. The summed E-state index contributed by atoms with van der Waals surface area (Å²) in [6, 6.07) is 0.732. The molecule has 2 rings (SSSR count). The van der Waals surface area contributed by atoms with Gasteiger partial charge in [0, 0.05) is 24.4 Å². The summed E-state index contributed by atoms with van der Waals surface area (Å²) in [6.45, 7) is 7.43. The lowest BCUT2D eigenvalue weighted by atomic mass is 10.1. The van der Waals surface area contributed by atoms with Crippen LogP contribution in [0.1, 0.15) is 39.0 Å². The summed E-state index contributed by atoms with van der Waals surface area (Å²) in [5.74, 6) is 1.40. The van der Waals surface area contributed by atoms with Crippen molar-refractivity contribution < 1.29 is 0 Å². The van der Waals surface area contributed by atoms with E-state index < -0.39 is 0 Å². The van der Waals surface area contributed by atoms with Gasteiger partial charge in [0.15, 0.2) is 0 Å². The van der Waals surface area contributed by atoms with Gasteiger partial charge in [0.1, 0.15) is 0 Å². The molecule has 2 atom stereocenters. The van der Waals surface area contributed by atoms with E-state index in [2.05, 4.69) is 28.9 Å². The van der Waals surface area contributed by atoms with Crippen LogP contribution >= 0.6 is 11.8 Å². The van der Waals surface area contributed by atoms with Gasteiger partial charge in [0.2, 0.25) is 0 Å². The third-order valence-electron chi connectivity index (χ3n) is 3.79. The van der Waals surface area contributed by atoms with Gasteiger partial charge < -0.3 is 10.2 Å². The highest BCUT2D eigenvalue weighted by Gasteiger charge is 2.21. The Bertz CT molecular complexity index is 192. The highest BCUT2D eigenvalue weighted by Crippen LogP contribution is 2.26. The van der Waals surface area contributed by atoms with Crippen LogP contribution in [0.4, 0.5) is 0 Å². The molecule has 94 valence electrons. The number of rotatable bonds is 3. The van der Waals surface area contributed by atoms with Gasteiger partial charge in [-0.2, -0.15) is 11.8 Å². The molecule has 0 aromatic carbocycles. The van der Waals surface area contributed by atoms with Gasteiger partial charge in [-0.15, -0.1) is 0 Å². The van der Waals surface area contributed by atoms with Crippen molar-refractivity contribution in [3.05, 3.63) is 0 Å². The van der Waals surface area contributed by atoms with Gasteiger partial charge in [-0.25, -0.2) is 0 Å². The first-order valence-corrected chi connectivity index (χ1v) is 8.00. The first-order valence-electron chi connectivity index (χ1n) is 6.96. The summed E-state index contributed by atoms with van der Waals surface area (Å²) in [5, 5.41) is 4.57. The topological polar surface area (TPSA) is 15.3 Å². The Morgan fingerprint density at radius 2 is 2.25 bits per heavy atom. The molecule has 2 fully saturated rings. The number of hydrogen-bond donors (Lipinski definition) is 1. The molecule has 0 saturated carbocycles. The highest BCUT2D eigenvalue weighted by molar-refractivity contribution is 7.99. The van der Waals surface area contributed by atoms with Crippen molar-refractivity contribution in [3.8, 4) is 0 Å². The van der Waals surface area contributed by atoms with E-state index in [1.54, 1.807) is 0 Å². The fourth-order valence-electron chi connectivity index (χ4n) is 2.75. The standard InChI is InChI=1S/C13H26N2S/c1-2-12-10-15(8-5-7-14-12)11-13-6-3-4-9-16-13/h12-14H,2-11H2,1H3. The van der Waals surface area contributed by atoms with Crippen LogP contribution < -0.4 is 5.32 Å².